The molecule has 0 amide bonds. The number of hydrogen-bond acceptors (Lipinski definition) is 2. The van der Waals surface area contributed by atoms with Crippen molar-refractivity contribution in [3.05, 3.63) is 181 Å². The molecule has 0 heterocycles. The second-order valence-electron chi connectivity index (χ2n) is 14.2. The molecule has 10 aromatic carbocycles. The summed E-state index contributed by atoms with van der Waals surface area (Å²) >= 11 is 0. The molecule has 0 saturated carbocycles. The maximum absolute atomic E-state index is 6.04. The first-order chi connectivity index (χ1) is 26.1. The van der Waals surface area contributed by atoms with Crippen LogP contribution < -0.4 is 9.64 Å². The first kappa shape index (κ1) is 31.1. The fourth-order valence-corrected chi connectivity index (χ4v) is 8.60. The van der Waals surface area contributed by atoms with Gasteiger partial charge in [0, 0.05) is 32.9 Å². The zero-order valence-electron chi connectivity index (χ0n) is 30.0. The van der Waals surface area contributed by atoms with E-state index in [1.807, 2.05) is 0 Å². The van der Waals surface area contributed by atoms with Crippen LogP contribution in [0.15, 0.2) is 170 Å². The van der Waals surface area contributed by atoms with Crippen LogP contribution in [0, 0.1) is 13.8 Å². The molecule has 0 spiro atoms. The van der Waals surface area contributed by atoms with Gasteiger partial charge in [-0.15, -0.1) is 0 Å². The van der Waals surface area contributed by atoms with Crippen LogP contribution >= 0.6 is 0 Å². The monoisotopic (exact) mass is 679 g/mol. The Morgan fingerprint density at radius 1 is 0.415 bits per heavy atom. The Kier molecular flexibility index (Phi) is 7.19. The highest BCUT2D eigenvalue weighted by molar-refractivity contribution is 6.27. The van der Waals surface area contributed by atoms with Crippen LogP contribution in [0.4, 0.5) is 17.1 Å². The second kappa shape index (κ2) is 12.3. The molecule has 0 saturated heterocycles. The van der Waals surface area contributed by atoms with Gasteiger partial charge in [-0.25, -0.2) is 0 Å². The highest BCUT2D eigenvalue weighted by Gasteiger charge is 2.22. The Labute approximate surface area is 309 Å². The average molecular weight is 680 g/mol. The van der Waals surface area contributed by atoms with Crippen LogP contribution in [0.1, 0.15) is 11.1 Å². The first-order valence-corrected chi connectivity index (χ1v) is 18.3. The van der Waals surface area contributed by atoms with Gasteiger partial charge in [-0.1, -0.05) is 139 Å². The summed E-state index contributed by atoms with van der Waals surface area (Å²) in [5.74, 6) is 0.899. The lowest BCUT2D eigenvalue weighted by Crippen LogP contribution is -2.11. The summed E-state index contributed by atoms with van der Waals surface area (Å²) in [6.45, 7) is 4.31. The van der Waals surface area contributed by atoms with Gasteiger partial charge in [0.15, 0.2) is 0 Å². The second-order valence-corrected chi connectivity index (χ2v) is 14.2. The van der Waals surface area contributed by atoms with Gasteiger partial charge in [0.2, 0.25) is 0 Å². The van der Waals surface area contributed by atoms with E-state index >= 15 is 0 Å². The molecule has 10 aromatic rings. The van der Waals surface area contributed by atoms with E-state index in [0.29, 0.717) is 0 Å². The minimum absolute atomic E-state index is 0.899. The Balaban J connectivity index is 1.19. The Morgan fingerprint density at radius 3 is 1.58 bits per heavy atom. The molecule has 0 radical (unpaired) electrons. The Hall–Kier alpha value is -6.64. The Bertz CT molecular complexity index is 2900. The molecule has 10 rings (SSSR count). The Morgan fingerprint density at radius 2 is 0.962 bits per heavy atom. The van der Waals surface area contributed by atoms with Gasteiger partial charge >= 0.3 is 0 Å². The number of hydrogen-bond donors (Lipinski definition) is 0. The fourth-order valence-electron chi connectivity index (χ4n) is 8.60. The van der Waals surface area contributed by atoms with E-state index in [1.54, 1.807) is 7.11 Å². The first-order valence-electron chi connectivity index (χ1n) is 18.3. The van der Waals surface area contributed by atoms with Crippen molar-refractivity contribution in [1.29, 1.82) is 0 Å². The highest BCUT2D eigenvalue weighted by atomic mass is 16.5. The highest BCUT2D eigenvalue weighted by Crippen LogP contribution is 2.49. The lowest BCUT2D eigenvalue weighted by Gasteiger charge is -2.29. The van der Waals surface area contributed by atoms with Crippen molar-refractivity contribution in [1.82, 2.24) is 0 Å². The summed E-state index contributed by atoms with van der Waals surface area (Å²) in [6.07, 6.45) is 0. The van der Waals surface area contributed by atoms with Crippen LogP contribution in [-0.2, 0) is 0 Å². The number of anilines is 3. The van der Waals surface area contributed by atoms with Gasteiger partial charge in [-0.05, 0) is 110 Å². The topological polar surface area (TPSA) is 12.5 Å². The molecular weight excluding hydrogens is 643 g/mol. The minimum Gasteiger partial charge on any atom is -0.496 e. The van der Waals surface area contributed by atoms with Crippen molar-refractivity contribution >= 4 is 70.9 Å². The fraction of sp³-hybridized carbons (Fsp3) is 0.0588. The van der Waals surface area contributed by atoms with E-state index in [0.717, 1.165) is 22.5 Å². The molecule has 0 fully saturated rings. The third kappa shape index (κ3) is 4.94. The van der Waals surface area contributed by atoms with Crippen LogP contribution in [0.2, 0.25) is 0 Å². The van der Waals surface area contributed by atoms with E-state index in [1.165, 1.54) is 87.5 Å². The summed E-state index contributed by atoms with van der Waals surface area (Å²) < 4.78 is 6.04. The third-order valence-corrected chi connectivity index (χ3v) is 11.0. The number of methoxy groups -OCH3 is 1. The van der Waals surface area contributed by atoms with Crippen LogP contribution in [-0.4, -0.2) is 7.11 Å². The molecule has 0 atom stereocenters. The van der Waals surface area contributed by atoms with Crippen molar-refractivity contribution < 1.29 is 4.74 Å². The van der Waals surface area contributed by atoms with E-state index in [-0.39, 0.29) is 0 Å². The molecule has 0 bridgehead atoms. The number of aryl methyl sites for hydroxylation is 2. The summed E-state index contributed by atoms with van der Waals surface area (Å²) in [5, 5.41) is 12.4. The molecular formula is C51H37NO. The largest absolute Gasteiger partial charge is 0.496 e. The maximum atomic E-state index is 6.04. The molecule has 0 aromatic heterocycles. The number of ether oxygens (including phenoxy) is 1. The quantitative estimate of drug-likeness (QED) is 0.128. The third-order valence-electron chi connectivity index (χ3n) is 11.0. The number of nitrogens with zero attached hydrogens (tertiary/aromatic N) is 1. The molecule has 53 heavy (non-hydrogen) atoms. The van der Waals surface area contributed by atoms with Crippen LogP contribution in [0.5, 0.6) is 5.75 Å². The predicted molar refractivity (Wildman–Crippen MR) is 227 cm³/mol. The van der Waals surface area contributed by atoms with E-state index < -0.39 is 0 Å². The normalized spacial score (nSPS) is 11.7. The zero-order valence-corrected chi connectivity index (χ0v) is 30.0. The number of rotatable bonds is 6. The molecule has 0 aliphatic rings. The van der Waals surface area contributed by atoms with Crippen molar-refractivity contribution in [3.8, 4) is 28.0 Å². The van der Waals surface area contributed by atoms with Crippen molar-refractivity contribution in [2.24, 2.45) is 0 Å². The van der Waals surface area contributed by atoms with Gasteiger partial charge in [-0.2, -0.15) is 0 Å². The average Bonchev–Trinajstić information content (AvgIpc) is 3.20. The molecule has 0 aliphatic carbocycles. The predicted octanol–water partition coefficient (Wildman–Crippen LogP) is 14.3. The number of benzene rings is 10. The number of para-hydroxylation sites is 1. The standard InChI is InChI=1S/C51H37NO/c1-32-17-25-39(26-18-32)52(38-11-5-4-6-12-38)51-43-15-9-7-13-40(43)49(41-14-8-10-16-44(41)51)35-21-19-34(20-22-35)46-31-47(53-3)45-28-24-37-30-33(2)29-36-23-27-42(46)50(45)48(36)37/h4-31H,1-3H3. The molecule has 2 heteroatoms. The molecule has 0 N–H and O–H groups in total. The minimum atomic E-state index is 0.899. The van der Waals surface area contributed by atoms with E-state index in [4.69, 9.17) is 4.74 Å². The van der Waals surface area contributed by atoms with Gasteiger partial charge < -0.3 is 9.64 Å². The molecule has 0 unspecified atom stereocenters. The number of fused-ring (bicyclic) bond motifs is 2. The van der Waals surface area contributed by atoms with E-state index in [2.05, 4.69) is 189 Å². The lowest BCUT2D eigenvalue weighted by atomic mass is 9.87. The SMILES string of the molecule is COc1cc(-c2ccc(-c3c4ccccc4c(N(c4ccccc4)c4ccc(C)cc4)c4ccccc34)cc2)c2ccc3cc(C)cc4ccc1c2c43. The van der Waals surface area contributed by atoms with E-state index in [9.17, 15) is 0 Å². The van der Waals surface area contributed by atoms with Gasteiger partial charge in [0.1, 0.15) is 5.75 Å². The smallest absolute Gasteiger partial charge is 0.127 e. The zero-order chi connectivity index (χ0) is 35.6. The lowest BCUT2D eigenvalue weighted by molar-refractivity contribution is 0.420. The van der Waals surface area contributed by atoms with Gasteiger partial charge in [0.25, 0.3) is 0 Å². The summed E-state index contributed by atoms with van der Waals surface area (Å²) in [7, 11) is 1.78. The van der Waals surface area contributed by atoms with Gasteiger partial charge in [-0.3, -0.25) is 0 Å². The summed E-state index contributed by atoms with van der Waals surface area (Å²) in [6, 6.07) is 62.3. The molecule has 2 nitrogen and oxygen atoms in total. The molecule has 0 aliphatic heterocycles. The summed E-state index contributed by atoms with van der Waals surface area (Å²) in [4.78, 5) is 2.42. The maximum Gasteiger partial charge on any atom is 0.127 e. The van der Waals surface area contributed by atoms with Crippen molar-refractivity contribution in [3.63, 3.8) is 0 Å². The molecule has 252 valence electrons. The summed E-state index contributed by atoms with van der Waals surface area (Å²) in [5.41, 5.74) is 10.7. The van der Waals surface area contributed by atoms with Crippen LogP contribution in [0.3, 0.4) is 0 Å². The van der Waals surface area contributed by atoms with Crippen molar-refractivity contribution in [2.45, 2.75) is 13.8 Å². The van der Waals surface area contributed by atoms with Crippen molar-refractivity contribution in [2.75, 3.05) is 12.0 Å². The van der Waals surface area contributed by atoms with Gasteiger partial charge in [0.05, 0.1) is 12.8 Å². The van der Waals surface area contributed by atoms with Crippen LogP contribution in [0.25, 0.3) is 76.1 Å².